The van der Waals surface area contributed by atoms with E-state index in [9.17, 15) is 241 Å². The number of hydrogen-bond acceptors (Lipinski definition) is 0. The molecule has 497 valence electrons. The van der Waals surface area contributed by atoms with Crippen molar-refractivity contribution in [2.45, 2.75) is 154 Å². The highest BCUT2D eigenvalue weighted by molar-refractivity contribution is 5.26. The third-order valence-electron chi connectivity index (χ3n) is 10.2. The van der Waals surface area contributed by atoms with Gasteiger partial charge in [-0.25, -0.2) is 8.78 Å². The Morgan fingerprint density at radius 3 is 0.313 bits per heavy atom. The van der Waals surface area contributed by atoms with Crippen molar-refractivity contribution >= 4 is 0 Å². The number of alkyl halides is 53. The topological polar surface area (TPSA) is 0 Å². The smallest absolute Gasteiger partial charge is 0.201 e. The molecule has 0 saturated heterocycles. The quantitative estimate of drug-likeness (QED) is 0.0799. The SMILES string of the molecule is F/[C]=C(\F)C(F)(F)C(F)(F)C(F)(F)C(F)(F)C(F)(F)C(F)(F)C(F)(F)C(F)(F)C(F)(F)C(F)(F)C(F)(F)C(F)(F)C(F)(F)C(F)(F)C(F)(F)C(F)(F)C(F)(F)C(F)(F)C(F)(F)C(F)(F)C(F)(F)C(F)(F)C(F)(F)C(F)(F)C(F)(F)C(F)(F)F. The van der Waals surface area contributed by atoms with Gasteiger partial charge in [0.1, 0.15) is 0 Å². The summed E-state index contributed by atoms with van der Waals surface area (Å²) < 4.78 is 754. The maximum absolute atomic E-state index is 14.2. The third kappa shape index (κ3) is 8.56. The van der Waals surface area contributed by atoms with Crippen LogP contribution in [0.2, 0.25) is 0 Å². The second-order valence-electron chi connectivity index (χ2n) is 15.3. The van der Waals surface area contributed by atoms with Gasteiger partial charge in [0.2, 0.25) is 5.83 Å². The van der Waals surface area contributed by atoms with Crippen molar-refractivity contribution in [3.63, 3.8) is 0 Å². The Bertz CT molecular complexity index is 2370. The van der Waals surface area contributed by atoms with Crippen LogP contribution in [0.1, 0.15) is 0 Å². The van der Waals surface area contributed by atoms with Gasteiger partial charge in [0, 0.05) is 0 Å². The van der Waals surface area contributed by atoms with Gasteiger partial charge >= 0.3 is 154 Å². The molecular formula is C28F55. The molecule has 0 heterocycles. The summed E-state index contributed by atoms with van der Waals surface area (Å²) in [5, 5.41) is 0. The predicted molar refractivity (Wildman–Crippen MR) is 139 cm³/mol. The molecule has 0 rings (SSSR count). The van der Waals surface area contributed by atoms with E-state index in [4.69, 9.17) is 0 Å². The summed E-state index contributed by atoms with van der Waals surface area (Å²) >= 11 is 0. The van der Waals surface area contributed by atoms with E-state index in [1.807, 2.05) is 0 Å². The zero-order chi connectivity index (χ0) is 69.3. The second-order valence-corrected chi connectivity index (χ2v) is 15.3. The molecule has 0 aliphatic carbocycles. The minimum absolute atomic E-state index is 1.58. The molecule has 55 heteroatoms. The van der Waals surface area contributed by atoms with Gasteiger partial charge in [0.05, 0.1) is 0 Å². The van der Waals surface area contributed by atoms with Gasteiger partial charge in [-0.3, -0.25) is 0 Å². The van der Waals surface area contributed by atoms with Crippen LogP contribution in [-0.2, 0) is 0 Å². The molecule has 0 atom stereocenters. The molecule has 0 fully saturated rings. The molecule has 0 saturated carbocycles. The minimum Gasteiger partial charge on any atom is -0.201 e. The monoisotopic (exact) mass is 1380 g/mol. The Hall–Kier alpha value is -4.11. The highest BCUT2D eigenvalue weighted by Gasteiger charge is 3.05. The third-order valence-corrected chi connectivity index (χ3v) is 10.2. The fourth-order valence-corrected chi connectivity index (χ4v) is 4.91. The lowest BCUT2D eigenvalue weighted by atomic mass is 9.81. The molecule has 0 nitrogen and oxygen atoms in total. The highest BCUT2D eigenvalue weighted by atomic mass is 19.5. The van der Waals surface area contributed by atoms with Gasteiger partial charge in [-0.05, 0) is 0 Å². The van der Waals surface area contributed by atoms with Gasteiger partial charge in [0.15, 0.2) is 6.33 Å². The summed E-state index contributed by atoms with van der Waals surface area (Å²) in [6, 6.07) is 0. The van der Waals surface area contributed by atoms with Crippen molar-refractivity contribution in [2.24, 2.45) is 0 Å². The highest BCUT2D eigenvalue weighted by Crippen LogP contribution is 2.73. The fraction of sp³-hybridized carbons (Fsp3) is 0.929. The number of halogens is 55. The first kappa shape index (κ1) is 78.9. The summed E-state index contributed by atoms with van der Waals surface area (Å²) in [5.41, 5.74) is 0. The fourth-order valence-electron chi connectivity index (χ4n) is 4.91. The lowest BCUT2D eigenvalue weighted by Gasteiger charge is -2.48. The average molecular weight is 1380 g/mol. The van der Waals surface area contributed by atoms with E-state index in [1.54, 1.807) is 0 Å². The Morgan fingerprint density at radius 2 is 0.229 bits per heavy atom. The molecule has 0 bridgehead atoms. The molecule has 0 unspecified atom stereocenters. The molecule has 0 aromatic rings. The molecule has 0 aliphatic heterocycles. The zero-order valence-electron chi connectivity index (χ0n) is 34.8. The zero-order valence-corrected chi connectivity index (χ0v) is 34.8. The van der Waals surface area contributed by atoms with Crippen molar-refractivity contribution in [3.8, 4) is 0 Å². The van der Waals surface area contributed by atoms with Gasteiger partial charge in [-0.1, -0.05) is 0 Å². The first-order chi connectivity index (χ1) is 34.7. The van der Waals surface area contributed by atoms with Gasteiger partial charge < -0.3 is 0 Å². The van der Waals surface area contributed by atoms with Crippen LogP contribution in [0.3, 0.4) is 0 Å². The molecule has 0 aromatic carbocycles. The van der Waals surface area contributed by atoms with E-state index in [2.05, 4.69) is 0 Å². The normalized spacial score (nSPS) is 17.7. The Morgan fingerprint density at radius 1 is 0.145 bits per heavy atom. The first-order valence-electron chi connectivity index (χ1n) is 17.1. The van der Waals surface area contributed by atoms with Crippen LogP contribution >= 0.6 is 0 Å². The summed E-state index contributed by atoms with van der Waals surface area (Å²) in [6.07, 6.45) is -10.3. The van der Waals surface area contributed by atoms with Crippen LogP contribution in [0, 0.1) is 6.33 Å². The van der Waals surface area contributed by atoms with Crippen molar-refractivity contribution in [2.75, 3.05) is 0 Å². The molecule has 0 aliphatic rings. The number of rotatable bonds is 25. The van der Waals surface area contributed by atoms with Crippen LogP contribution in [0.5, 0.6) is 0 Å². The molecule has 0 aromatic heterocycles. The van der Waals surface area contributed by atoms with Crippen molar-refractivity contribution in [1.29, 1.82) is 0 Å². The maximum atomic E-state index is 14.2. The van der Waals surface area contributed by atoms with Crippen LogP contribution in [0.25, 0.3) is 0 Å². The van der Waals surface area contributed by atoms with Crippen LogP contribution in [0.15, 0.2) is 5.83 Å². The molecule has 83 heavy (non-hydrogen) atoms. The van der Waals surface area contributed by atoms with Gasteiger partial charge in [0.25, 0.3) is 0 Å². The Kier molecular flexibility index (Phi) is 18.0. The van der Waals surface area contributed by atoms with Crippen LogP contribution in [0.4, 0.5) is 241 Å². The van der Waals surface area contributed by atoms with Gasteiger partial charge in [-0.15, -0.1) is 0 Å². The van der Waals surface area contributed by atoms with E-state index in [0.717, 1.165) is 0 Å². The lowest BCUT2D eigenvalue weighted by molar-refractivity contribution is -0.499. The number of allylic oxidation sites excluding steroid dienone is 1. The molecular weight excluding hydrogens is 1380 g/mol. The average Bonchev–Trinajstić information content (AvgIpc) is 3.26. The number of hydrogen-bond donors (Lipinski definition) is 0. The first-order valence-corrected chi connectivity index (χ1v) is 17.1. The Labute approximate surface area is 409 Å². The summed E-state index contributed by atoms with van der Waals surface area (Å²) in [7, 11) is 0. The van der Waals surface area contributed by atoms with Crippen LogP contribution in [-0.4, -0.2) is 154 Å². The van der Waals surface area contributed by atoms with E-state index in [-0.39, 0.29) is 0 Å². The largest absolute Gasteiger partial charge is 0.460 e. The second kappa shape index (κ2) is 18.9. The van der Waals surface area contributed by atoms with Crippen molar-refractivity contribution < 1.29 is 241 Å². The van der Waals surface area contributed by atoms with E-state index in [1.165, 1.54) is 0 Å². The van der Waals surface area contributed by atoms with E-state index in [0.29, 0.717) is 0 Å². The maximum Gasteiger partial charge on any atom is 0.460 e. The summed E-state index contributed by atoms with van der Waals surface area (Å²) in [6.45, 7) is 0. The molecule has 0 N–H and O–H groups in total. The molecule has 0 spiro atoms. The van der Waals surface area contributed by atoms with Crippen molar-refractivity contribution in [3.05, 3.63) is 12.2 Å². The predicted octanol–water partition coefficient (Wildman–Crippen LogP) is 18.0. The Balaban J connectivity index is 8.30. The summed E-state index contributed by atoms with van der Waals surface area (Å²) in [5.74, 6) is -267. The van der Waals surface area contributed by atoms with E-state index < -0.39 is 166 Å². The van der Waals surface area contributed by atoms with Crippen LogP contribution < -0.4 is 0 Å². The standard InChI is InChI=1S/C28F55/c29-1-2(30)3(31,32)4(33,34)5(35,36)6(37,38)7(39,40)8(41,42)9(43,44)10(45,46)11(47,48)12(49,50)13(51,52)14(53,54)15(55,56)16(57,58)17(59,60)18(61,62)19(63,64)20(65,66)21(67,68)22(69,70)23(71,72)24(73,74)25(75,76)26(77,78)27(79,80)28(81,82)83. The van der Waals surface area contributed by atoms with E-state index >= 15 is 0 Å². The molecule has 0 amide bonds. The molecule has 1 radical (unpaired) electrons. The summed E-state index contributed by atoms with van der Waals surface area (Å²) in [4.78, 5) is 0. The lowest BCUT2D eigenvalue weighted by Crippen LogP contribution is -2.81. The van der Waals surface area contributed by atoms with Crippen molar-refractivity contribution in [1.82, 2.24) is 0 Å². The van der Waals surface area contributed by atoms with Gasteiger partial charge in [-0.2, -0.15) is 233 Å². The minimum atomic E-state index is -11.1.